The SMILES string of the molecule is O=C(CC1C(=O)N(C2CCCC2)c2nc3ccccc3n21)Nc1ccccc1C(F)(F)F. The quantitative estimate of drug-likeness (QED) is 0.624. The molecule has 3 aromatic rings. The van der Waals surface area contributed by atoms with E-state index in [1.54, 1.807) is 9.47 Å². The number of anilines is 2. The monoisotopic (exact) mass is 442 g/mol. The highest BCUT2D eigenvalue weighted by Crippen LogP contribution is 2.41. The number of nitrogens with zero attached hydrogens (tertiary/aromatic N) is 3. The minimum atomic E-state index is -4.60. The first-order chi connectivity index (χ1) is 15.3. The second-order valence-electron chi connectivity index (χ2n) is 8.23. The van der Waals surface area contributed by atoms with Crippen molar-refractivity contribution in [1.82, 2.24) is 9.55 Å². The fourth-order valence-electron chi connectivity index (χ4n) is 4.78. The average molecular weight is 442 g/mol. The Morgan fingerprint density at radius 3 is 2.50 bits per heavy atom. The molecule has 32 heavy (non-hydrogen) atoms. The summed E-state index contributed by atoms with van der Waals surface area (Å²) in [6.07, 6.45) is -1.09. The molecule has 2 aromatic carbocycles. The molecule has 0 bridgehead atoms. The summed E-state index contributed by atoms with van der Waals surface area (Å²) in [4.78, 5) is 32.5. The van der Waals surface area contributed by atoms with Crippen molar-refractivity contribution in [2.45, 2.75) is 50.4 Å². The number of alkyl halides is 3. The molecule has 1 aliphatic heterocycles. The van der Waals surface area contributed by atoms with E-state index in [4.69, 9.17) is 0 Å². The normalized spacial score (nSPS) is 19.0. The molecule has 9 heteroatoms. The minimum Gasteiger partial charge on any atom is -0.325 e. The molecule has 5 rings (SSSR count). The number of hydrogen-bond donors (Lipinski definition) is 1. The number of fused-ring (bicyclic) bond motifs is 3. The van der Waals surface area contributed by atoms with Crippen LogP contribution in [0.15, 0.2) is 48.5 Å². The molecule has 1 saturated carbocycles. The number of amides is 2. The summed E-state index contributed by atoms with van der Waals surface area (Å²) in [5.41, 5.74) is 0.196. The van der Waals surface area contributed by atoms with Crippen molar-refractivity contribution >= 4 is 34.5 Å². The van der Waals surface area contributed by atoms with Crippen LogP contribution in [-0.2, 0) is 15.8 Å². The van der Waals surface area contributed by atoms with Crippen molar-refractivity contribution in [2.24, 2.45) is 0 Å². The summed E-state index contributed by atoms with van der Waals surface area (Å²) in [7, 11) is 0. The molecule has 1 N–H and O–H groups in total. The number of rotatable bonds is 4. The molecule has 2 heterocycles. The Morgan fingerprint density at radius 1 is 1.06 bits per heavy atom. The van der Waals surface area contributed by atoms with Gasteiger partial charge >= 0.3 is 6.18 Å². The second-order valence-corrected chi connectivity index (χ2v) is 8.23. The van der Waals surface area contributed by atoms with Gasteiger partial charge in [-0.05, 0) is 37.1 Å². The van der Waals surface area contributed by atoms with Crippen molar-refractivity contribution in [2.75, 3.05) is 10.2 Å². The highest BCUT2D eigenvalue weighted by atomic mass is 19.4. The molecular formula is C23H21F3N4O2. The second kappa shape index (κ2) is 7.65. The third-order valence-electron chi connectivity index (χ3n) is 6.20. The maximum Gasteiger partial charge on any atom is 0.418 e. The van der Waals surface area contributed by atoms with Crippen molar-refractivity contribution in [3.8, 4) is 0 Å². The molecular weight excluding hydrogens is 421 g/mol. The zero-order valence-electron chi connectivity index (χ0n) is 17.1. The Kier molecular flexibility index (Phi) is 4.91. The number of hydrogen-bond acceptors (Lipinski definition) is 3. The molecule has 0 saturated heterocycles. The summed E-state index contributed by atoms with van der Waals surface area (Å²) >= 11 is 0. The number of benzene rings is 2. The van der Waals surface area contributed by atoms with E-state index in [1.165, 1.54) is 18.2 Å². The highest BCUT2D eigenvalue weighted by molar-refractivity contribution is 6.05. The van der Waals surface area contributed by atoms with Gasteiger partial charge in [-0.3, -0.25) is 19.1 Å². The van der Waals surface area contributed by atoms with Gasteiger partial charge in [-0.1, -0.05) is 37.1 Å². The van der Waals surface area contributed by atoms with E-state index in [1.807, 2.05) is 24.3 Å². The average Bonchev–Trinajstić information content (AvgIpc) is 3.45. The number of carbonyl (C=O) groups excluding carboxylic acids is 2. The zero-order chi connectivity index (χ0) is 22.5. The van der Waals surface area contributed by atoms with Gasteiger partial charge in [-0.2, -0.15) is 13.2 Å². The lowest BCUT2D eigenvalue weighted by atomic mass is 10.1. The van der Waals surface area contributed by atoms with Gasteiger partial charge in [-0.25, -0.2) is 4.98 Å². The van der Waals surface area contributed by atoms with Crippen molar-refractivity contribution in [1.29, 1.82) is 0 Å². The maximum absolute atomic E-state index is 13.4. The Morgan fingerprint density at radius 2 is 1.75 bits per heavy atom. The third-order valence-corrected chi connectivity index (χ3v) is 6.20. The smallest absolute Gasteiger partial charge is 0.325 e. The van der Waals surface area contributed by atoms with E-state index in [2.05, 4.69) is 10.3 Å². The Bertz CT molecular complexity index is 1200. The first kappa shape index (κ1) is 20.5. The third kappa shape index (κ3) is 3.41. The largest absolute Gasteiger partial charge is 0.418 e. The van der Waals surface area contributed by atoms with Crippen LogP contribution in [0.1, 0.15) is 43.7 Å². The van der Waals surface area contributed by atoms with Gasteiger partial charge in [0.05, 0.1) is 28.7 Å². The standard InChI is InChI=1S/C23H21F3N4O2/c24-23(25,26)15-9-3-4-10-16(15)27-20(31)13-19-21(32)29(14-7-1-2-8-14)22-28-17-11-5-6-12-18(17)30(19)22/h3-6,9-12,14,19H,1-2,7-8,13H2,(H,27,31). The molecule has 1 atom stereocenters. The van der Waals surface area contributed by atoms with Crippen LogP contribution < -0.4 is 10.2 Å². The molecule has 166 valence electrons. The Hall–Kier alpha value is -3.36. The van der Waals surface area contributed by atoms with Crippen LogP contribution in [-0.4, -0.2) is 27.4 Å². The summed E-state index contributed by atoms with van der Waals surface area (Å²) in [6.45, 7) is 0. The molecule has 1 aliphatic carbocycles. The fraction of sp³-hybridized carbons (Fsp3) is 0.348. The molecule has 1 aromatic heterocycles. The van der Waals surface area contributed by atoms with Crippen LogP contribution in [0, 0.1) is 0 Å². The summed E-state index contributed by atoms with van der Waals surface area (Å²) in [5, 5.41) is 2.36. The van der Waals surface area contributed by atoms with Gasteiger partial charge in [0.25, 0.3) is 5.91 Å². The lowest BCUT2D eigenvalue weighted by Crippen LogP contribution is -2.38. The molecule has 1 fully saturated rings. The van der Waals surface area contributed by atoms with Crippen LogP contribution in [0.3, 0.4) is 0 Å². The van der Waals surface area contributed by atoms with Gasteiger partial charge in [-0.15, -0.1) is 0 Å². The summed E-state index contributed by atoms with van der Waals surface area (Å²) in [5.74, 6) is -0.377. The first-order valence-corrected chi connectivity index (χ1v) is 10.6. The van der Waals surface area contributed by atoms with Crippen LogP contribution >= 0.6 is 0 Å². The van der Waals surface area contributed by atoms with Crippen LogP contribution in [0.2, 0.25) is 0 Å². The van der Waals surface area contributed by atoms with E-state index in [0.29, 0.717) is 11.5 Å². The zero-order valence-corrected chi connectivity index (χ0v) is 17.1. The lowest BCUT2D eigenvalue weighted by Gasteiger charge is -2.22. The predicted molar refractivity (Wildman–Crippen MR) is 113 cm³/mol. The first-order valence-electron chi connectivity index (χ1n) is 10.6. The van der Waals surface area contributed by atoms with E-state index in [0.717, 1.165) is 37.3 Å². The van der Waals surface area contributed by atoms with Crippen LogP contribution in [0.25, 0.3) is 11.0 Å². The van der Waals surface area contributed by atoms with Crippen molar-refractivity contribution < 1.29 is 22.8 Å². The molecule has 1 unspecified atom stereocenters. The van der Waals surface area contributed by atoms with Gasteiger partial charge in [0.2, 0.25) is 11.9 Å². The van der Waals surface area contributed by atoms with Crippen LogP contribution in [0.5, 0.6) is 0 Å². The molecule has 0 spiro atoms. The Labute approximate surface area is 182 Å². The molecule has 0 radical (unpaired) electrons. The molecule has 2 amide bonds. The van der Waals surface area contributed by atoms with Crippen LogP contribution in [0.4, 0.5) is 24.8 Å². The van der Waals surface area contributed by atoms with Crippen molar-refractivity contribution in [3.63, 3.8) is 0 Å². The molecule has 6 nitrogen and oxygen atoms in total. The van der Waals surface area contributed by atoms with E-state index >= 15 is 0 Å². The minimum absolute atomic E-state index is 0.0251. The van der Waals surface area contributed by atoms with Gasteiger partial charge in [0, 0.05) is 6.04 Å². The predicted octanol–water partition coefficient (Wildman–Crippen LogP) is 4.91. The summed E-state index contributed by atoms with van der Waals surface area (Å²) in [6, 6.07) is 11.3. The van der Waals surface area contributed by atoms with Gasteiger partial charge in [0.15, 0.2) is 0 Å². The van der Waals surface area contributed by atoms with Gasteiger partial charge < -0.3 is 5.32 Å². The van der Waals surface area contributed by atoms with E-state index in [9.17, 15) is 22.8 Å². The number of nitrogens with one attached hydrogen (secondary N) is 1. The number of halogens is 3. The Balaban J connectivity index is 1.47. The maximum atomic E-state index is 13.4. The van der Waals surface area contributed by atoms with E-state index < -0.39 is 23.7 Å². The number of imidazole rings is 1. The van der Waals surface area contributed by atoms with E-state index in [-0.39, 0.29) is 24.1 Å². The van der Waals surface area contributed by atoms with Crippen molar-refractivity contribution in [3.05, 3.63) is 54.1 Å². The number of carbonyl (C=O) groups is 2. The molecule has 2 aliphatic rings. The lowest BCUT2D eigenvalue weighted by molar-refractivity contribution is -0.137. The topological polar surface area (TPSA) is 67.2 Å². The van der Waals surface area contributed by atoms with Gasteiger partial charge in [0.1, 0.15) is 6.04 Å². The number of aromatic nitrogens is 2. The highest BCUT2D eigenvalue weighted by Gasteiger charge is 2.44. The number of para-hydroxylation sites is 3. The fourth-order valence-corrected chi connectivity index (χ4v) is 4.78. The summed E-state index contributed by atoms with van der Waals surface area (Å²) < 4.78 is 41.6.